The second kappa shape index (κ2) is 7.97. The van der Waals surface area contributed by atoms with Gasteiger partial charge in [0.25, 0.3) is 0 Å². The van der Waals surface area contributed by atoms with E-state index in [9.17, 15) is 10.1 Å². The molecule has 0 unspecified atom stereocenters. The lowest BCUT2D eigenvalue weighted by molar-refractivity contribution is 0.171. The average Bonchev–Trinajstić information content (AvgIpc) is 3.28. The zero-order chi connectivity index (χ0) is 21.2. The summed E-state index contributed by atoms with van der Waals surface area (Å²) < 4.78 is 16.5. The maximum Gasteiger partial charge on any atom is 0.345 e. The van der Waals surface area contributed by atoms with Crippen LogP contribution in [-0.4, -0.2) is 18.2 Å². The monoisotopic (exact) mass is 429 g/mol. The molecule has 0 aliphatic carbocycles. The molecule has 0 fully saturated rings. The first-order valence-electron chi connectivity index (χ1n) is 9.47. The number of hydrogen-bond donors (Lipinski definition) is 1. The van der Waals surface area contributed by atoms with Crippen molar-refractivity contribution in [3.05, 3.63) is 75.5 Å². The maximum atomic E-state index is 12.4. The first kappa shape index (κ1) is 18.9. The fourth-order valence-corrected chi connectivity index (χ4v) is 3.98. The van der Waals surface area contributed by atoms with E-state index in [1.54, 1.807) is 23.7 Å². The van der Waals surface area contributed by atoms with Gasteiger partial charge in [0.05, 0.1) is 11.3 Å². The molecule has 1 N–H and O–H groups in total. The van der Waals surface area contributed by atoms with E-state index in [2.05, 4.69) is 16.4 Å². The number of para-hydroxylation sites is 1. The number of nitrogens with zero attached hydrogens (tertiary/aromatic N) is 2. The Balaban J connectivity index is 1.42. The Labute approximate surface area is 180 Å². The van der Waals surface area contributed by atoms with Gasteiger partial charge in [0.15, 0.2) is 11.5 Å². The highest BCUT2D eigenvalue weighted by Gasteiger charge is 2.14. The molecule has 0 saturated carbocycles. The molecular formula is C23H15N3O4S. The Morgan fingerprint density at radius 2 is 1.97 bits per heavy atom. The molecule has 7 nitrogen and oxygen atoms in total. The average molecular weight is 429 g/mol. The van der Waals surface area contributed by atoms with Gasteiger partial charge in [-0.15, -0.1) is 11.3 Å². The van der Waals surface area contributed by atoms with Crippen LogP contribution in [0.4, 0.5) is 5.69 Å². The van der Waals surface area contributed by atoms with Gasteiger partial charge in [-0.25, -0.2) is 9.78 Å². The van der Waals surface area contributed by atoms with Gasteiger partial charge in [-0.05, 0) is 24.3 Å². The smallest absolute Gasteiger partial charge is 0.345 e. The minimum Gasteiger partial charge on any atom is -0.486 e. The number of rotatable bonds is 4. The molecule has 0 amide bonds. The highest BCUT2D eigenvalue weighted by atomic mass is 32.1. The van der Waals surface area contributed by atoms with E-state index in [0.717, 1.165) is 11.1 Å². The molecule has 8 heteroatoms. The van der Waals surface area contributed by atoms with Gasteiger partial charge in [-0.2, -0.15) is 5.26 Å². The summed E-state index contributed by atoms with van der Waals surface area (Å²) in [6, 6.07) is 16.7. The second-order valence-electron chi connectivity index (χ2n) is 6.70. The van der Waals surface area contributed by atoms with Crippen LogP contribution in [0.15, 0.2) is 69.3 Å². The predicted octanol–water partition coefficient (Wildman–Crippen LogP) is 4.66. The minimum absolute atomic E-state index is 0.344. The summed E-state index contributed by atoms with van der Waals surface area (Å²) in [7, 11) is 0. The first-order valence-corrected chi connectivity index (χ1v) is 10.3. The van der Waals surface area contributed by atoms with Crippen LogP contribution in [0.1, 0.15) is 5.01 Å². The second-order valence-corrected chi connectivity index (χ2v) is 7.55. The van der Waals surface area contributed by atoms with E-state index in [0.29, 0.717) is 52.1 Å². The topological polar surface area (TPSA) is 97.4 Å². The maximum absolute atomic E-state index is 12.4. The van der Waals surface area contributed by atoms with E-state index < -0.39 is 5.63 Å². The summed E-state index contributed by atoms with van der Waals surface area (Å²) in [5, 5.41) is 15.7. The summed E-state index contributed by atoms with van der Waals surface area (Å²) in [6.45, 7) is 1.03. The standard InChI is InChI=1S/C23H15N3O4S/c24-11-15(12-25-16-5-6-20-21(10-16)29-8-7-28-20)22-26-18(13-31-22)17-9-14-3-1-2-4-19(14)30-23(17)27/h1-6,9-10,12-13,25H,7-8H2/b15-12+. The van der Waals surface area contributed by atoms with Gasteiger partial charge in [0, 0.05) is 28.7 Å². The Kier molecular flexibility index (Phi) is 4.86. The van der Waals surface area contributed by atoms with Gasteiger partial charge in [-0.3, -0.25) is 0 Å². The van der Waals surface area contributed by atoms with Crippen molar-refractivity contribution in [1.82, 2.24) is 4.98 Å². The predicted molar refractivity (Wildman–Crippen MR) is 118 cm³/mol. The van der Waals surface area contributed by atoms with E-state index in [1.165, 1.54) is 11.3 Å². The molecule has 0 atom stereocenters. The Morgan fingerprint density at radius 3 is 2.84 bits per heavy atom. The van der Waals surface area contributed by atoms with E-state index >= 15 is 0 Å². The molecule has 1 aliphatic rings. The normalized spacial score (nSPS) is 13.1. The molecule has 0 spiro atoms. The van der Waals surface area contributed by atoms with Crippen molar-refractivity contribution in [2.45, 2.75) is 0 Å². The van der Waals surface area contributed by atoms with Crippen molar-refractivity contribution < 1.29 is 13.9 Å². The van der Waals surface area contributed by atoms with Gasteiger partial charge < -0.3 is 19.2 Å². The Morgan fingerprint density at radius 1 is 1.13 bits per heavy atom. The molecule has 3 heterocycles. The van der Waals surface area contributed by atoms with Crippen LogP contribution < -0.4 is 20.4 Å². The van der Waals surface area contributed by atoms with Crippen molar-refractivity contribution in [2.24, 2.45) is 0 Å². The van der Waals surface area contributed by atoms with Gasteiger partial charge >= 0.3 is 5.63 Å². The van der Waals surface area contributed by atoms with Crippen LogP contribution in [0, 0.1) is 11.3 Å². The van der Waals surface area contributed by atoms with Crippen LogP contribution in [-0.2, 0) is 0 Å². The summed E-state index contributed by atoms with van der Waals surface area (Å²) in [5.41, 5.74) is 1.99. The van der Waals surface area contributed by atoms with Crippen molar-refractivity contribution in [2.75, 3.05) is 18.5 Å². The molecule has 152 valence electrons. The Bertz CT molecular complexity index is 1410. The first-order chi connectivity index (χ1) is 15.2. The molecule has 0 saturated heterocycles. The quantitative estimate of drug-likeness (QED) is 0.372. The third-order valence-electron chi connectivity index (χ3n) is 4.70. The zero-order valence-corrected chi connectivity index (χ0v) is 16.9. The summed E-state index contributed by atoms with van der Waals surface area (Å²) in [4.78, 5) is 16.9. The molecule has 2 aromatic heterocycles. The zero-order valence-electron chi connectivity index (χ0n) is 16.1. The molecule has 0 radical (unpaired) electrons. The van der Waals surface area contributed by atoms with E-state index in [-0.39, 0.29) is 0 Å². The van der Waals surface area contributed by atoms with E-state index in [4.69, 9.17) is 13.9 Å². The van der Waals surface area contributed by atoms with Crippen LogP contribution >= 0.6 is 11.3 Å². The lowest BCUT2D eigenvalue weighted by Gasteiger charge is -2.18. The van der Waals surface area contributed by atoms with Crippen molar-refractivity contribution >= 4 is 33.6 Å². The van der Waals surface area contributed by atoms with Crippen LogP contribution in [0.5, 0.6) is 11.5 Å². The number of allylic oxidation sites excluding steroid dienone is 1. The van der Waals surface area contributed by atoms with Crippen molar-refractivity contribution in [3.63, 3.8) is 0 Å². The van der Waals surface area contributed by atoms with Crippen LogP contribution in [0.2, 0.25) is 0 Å². The largest absolute Gasteiger partial charge is 0.486 e. The molecule has 5 rings (SSSR count). The van der Waals surface area contributed by atoms with Crippen LogP contribution in [0.25, 0.3) is 27.8 Å². The minimum atomic E-state index is -0.465. The SMILES string of the molecule is N#C/C(=C\Nc1ccc2c(c1)OCCO2)c1nc(-c2cc3ccccc3oc2=O)cs1. The number of fused-ring (bicyclic) bond motifs is 2. The number of hydrogen-bond acceptors (Lipinski definition) is 8. The Hall–Kier alpha value is -4.09. The molecule has 1 aliphatic heterocycles. The molecular weight excluding hydrogens is 414 g/mol. The fraction of sp³-hybridized carbons (Fsp3) is 0.0870. The third kappa shape index (κ3) is 3.74. The van der Waals surface area contributed by atoms with Gasteiger partial charge in [0.1, 0.15) is 35.4 Å². The summed E-state index contributed by atoms with van der Waals surface area (Å²) in [6.07, 6.45) is 1.58. The van der Waals surface area contributed by atoms with Gasteiger partial charge in [0.2, 0.25) is 0 Å². The van der Waals surface area contributed by atoms with Gasteiger partial charge in [-0.1, -0.05) is 18.2 Å². The summed E-state index contributed by atoms with van der Waals surface area (Å²) in [5.74, 6) is 1.35. The molecule has 0 bridgehead atoms. The number of benzene rings is 2. The summed E-state index contributed by atoms with van der Waals surface area (Å²) >= 11 is 1.28. The third-order valence-corrected chi connectivity index (χ3v) is 5.57. The molecule has 2 aromatic carbocycles. The lowest BCUT2D eigenvalue weighted by atomic mass is 10.1. The number of nitriles is 1. The molecule has 4 aromatic rings. The number of nitrogens with one attached hydrogen (secondary N) is 1. The van der Waals surface area contributed by atoms with Crippen molar-refractivity contribution in [3.8, 4) is 28.8 Å². The lowest BCUT2D eigenvalue weighted by Crippen LogP contribution is -2.15. The molecule has 31 heavy (non-hydrogen) atoms. The number of thiazole rings is 1. The number of anilines is 1. The highest BCUT2D eigenvalue weighted by molar-refractivity contribution is 7.11. The fourth-order valence-electron chi connectivity index (χ4n) is 3.19. The van der Waals surface area contributed by atoms with Crippen LogP contribution in [0.3, 0.4) is 0 Å². The number of aromatic nitrogens is 1. The highest BCUT2D eigenvalue weighted by Crippen LogP contribution is 2.33. The van der Waals surface area contributed by atoms with Crippen molar-refractivity contribution in [1.29, 1.82) is 5.26 Å². The number of ether oxygens (including phenoxy) is 2. The van der Waals surface area contributed by atoms with E-state index in [1.807, 2.05) is 36.4 Å².